The summed E-state index contributed by atoms with van der Waals surface area (Å²) < 4.78 is 0.964. The predicted molar refractivity (Wildman–Crippen MR) is 55.3 cm³/mol. The van der Waals surface area contributed by atoms with E-state index in [0.717, 1.165) is 15.1 Å². The molecule has 0 aliphatic carbocycles. The summed E-state index contributed by atoms with van der Waals surface area (Å²) in [5, 5.41) is 20.8. The van der Waals surface area contributed by atoms with Gasteiger partial charge in [-0.15, -0.1) is 10.2 Å². The first kappa shape index (κ1) is 10.9. The van der Waals surface area contributed by atoms with E-state index in [0.29, 0.717) is 0 Å². The zero-order valence-corrected chi connectivity index (χ0v) is 9.28. The van der Waals surface area contributed by atoms with Crippen LogP contribution in [-0.2, 0) is 0 Å². The molecule has 4 nitrogen and oxygen atoms in total. The molecule has 2 N–H and O–H groups in total. The van der Waals surface area contributed by atoms with Crippen molar-refractivity contribution in [3.63, 3.8) is 0 Å². The third-order valence-corrected chi connectivity index (χ3v) is 3.68. The van der Waals surface area contributed by atoms with Crippen LogP contribution in [0.3, 0.4) is 0 Å². The highest BCUT2D eigenvalue weighted by Crippen LogP contribution is 2.22. The van der Waals surface area contributed by atoms with Gasteiger partial charge in [0.05, 0.1) is 6.61 Å². The Balaban J connectivity index is 2.33. The second kappa shape index (κ2) is 5.54. The van der Waals surface area contributed by atoms with E-state index in [1.165, 1.54) is 0 Å². The summed E-state index contributed by atoms with van der Waals surface area (Å²) in [6, 6.07) is 0.134. The van der Waals surface area contributed by atoms with Crippen molar-refractivity contribution in [2.75, 3.05) is 19.4 Å². The highest BCUT2D eigenvalue weighted by molar-refractivity contribution is 8.01. The minimum Gasteiger partial charge on any atom is -0.395 e. The van der Waals surface area contributed by atoms with Crippen molar-refractivity contribution in [3.05, 3.63) is 5.01 Å². The third kappa shape index (κ3) is 3.60. The molecule has 13 heavy (non-hydrogen) atoms. The van der Waals surface area contributed by atoms with Gasteiger partial charge in [0.2, 0.25) is 0 Å². The molecule has 0 saturated carbocycles. The van der Waals surface area contributed by atoms with Crippen molar-refractivity contribution in [3.8, 4) is 0 Å². The lowest BCUT2D eigenvalue weighted by atomic mass is 10.4. The molecule has 0 fully saturated rings. The maximum Gasteiger partial charge on any atom is 0.174 e. The van der Waals surface area contributed by atoms with Gasteiger partial charge in [0.15, 0.2) is 4.34 Å². The van der Waals surface area contributed by atoms with Gasteiger partial charge in [-0.2, -0.15) is 0 Å². The summed E-state index contributed by atoms with van der Waals surface area (Å²) in [5.74, 6) is 0.821. The minimum atomic E-state index is 0.134. The minimum absolute atomic E-state index is 0.134. The third-order valence-electron chi connectivity index (χ3n) is 1.54. The van der Waals surface area contributed by atoms with Crippen LogP contribution < -0.4 is 5.32 Å². The number of nitrogens with one attached hydrogen (secondary N) is 1. The van der Waals surface area contributed by atoms with Crippen LogP contribution in [0.15, 0.2) is 4.34 Å². The van der Waals surface area contributed by atoms with E-state index >= 15 is 0 Å². The quantitative estimate of drug-likeness (QED) is 0.707. The van der Waals surface area contributed by atoms with E-state index in [4.69, 9.17) is 5.11 Å². The van der Waals surface area contributed by atoms with E-state index in [2.05, 4.69) is 15.5 Å². The molecule has 0 radical (unpaired) electrons. The first-order valence-corrected chi connectivity index (χ1v) is 5.77. The van der Waals surface area contributed by atoms with E-state index < -0.39 is 0 Å². The molecule has 6 heteroatoms. The summed E-state index contributed by atoms with van der Waals surface area (Å²) in [7, 11) is 1.84. The summed E-state index contributed by atoms with van der Waals surface area (Å²) in [4.78, 5) is 0. The van der Waals surface area contributed by atoms with Crippen LogP contribution in [0.2, 0.25) is 0 Å². The average Bonchev–Trinajstić information content (AvgIpc) is 2.53. The Hall–Kier alpha value is -0.170. The van der Waals surface area contributed by atoms with Gasteiger partial charge >= 0.3 is 0 Å². The molecule has 1 heterocycles. The number of hydrogen-bond donors (Lipinski definition) is 2. The lowest BCUT2D eigenvalue weighted by molar-refractivity contribution is 0.260. The van der Waals surface area contributed by atoms with Crippen molar-refractivity contribution in [2.45, 2.75) is 17.3 Å². The van der Waals surface area contributed by atoms with Crippen molar-refractivity contribution in [1.29, 1.82) is 0 Å². The van der Waals surface area contributed by atoms with Gasteiger partial charge in [0, 0.05) is 11.8 Å². The topological polar surface area (TPSA) is 58.0 Å². The molecular weight excluding hydrogens is 206 g/mol. The molecule has 1 rings (SSSR count). The maximum absolute atomic E-state index is 8.90. The molecule has 0 amide bonds. The lowest BCUT2D eigenvalue weighted by Gasteiger charge is -2.10. The lowest BCUT2D eigenvalue weighted by Crippen LogP contribution is -2.31. The van der Waals surface area contributed by atoms with Gasteiger partial charge in [0.25, 0.3) is 0 Å². The summed E-state index contributed by atoms with van der Waals surface area (Å²) in [6.45, 7) is 2.09. The maximum atomic E-state index is 8.90. The Bertz CT molecular complexity index is 250. The van der Waals surface area contributed by atoms with Crippen LogP contribution in [0.1, 0.15) is 5.01 Å². The van der Waals surface area contributed by atoms with E-state index in [1.807, 2.05) is 14.0 Å². The normalized spacial score (nSPS) is 13.2. The Morgan fingerprint density at radius 1 is 1.62 bits per heavy atom. The number of rotatable bonds is 5. The average molecular weight is 219 g/mol. The molecule has 0 aromatic carbocycles. The molecule has 1 aromatic rings. The Morgan fingerprint density at radius 3 is 2.85 bits per heavy atom. The molecule has 0 bridgehead atoms. The van der Waals surface area contributed by atoms with Gasteiger partial charge in [0.1, 0.15) is 5.01 Å². The summed E-state index contributed by atoms with van der Waals surface area (Å²) in [5.41, 5.74) is 0. The zero-order chi connectivity index (χ0) is 9.68. The molecule has 1 aromatic heterocycles. The number of nitrogens with zero attached hydrogens (tertiary/aromatic N) is 2. The number of aryl methyl sites for hydroxylation is 1. The number of aliphatic hydroxyl groups is 1. The van der Waals surface area contributed by atoms with Crippen LogP contribution in [0.4, 0.5) is 0 Å². The van der Waals surface area contributed by atoms with Gasteiger partial charge in [-0.25, -0.2) is 0 Å². The fourth-order valence-electron chi connectivity index (χ4n) is 0.736. The monoisotopic (exact) mass is 219 g/mol. The first-order valence-electron chi connectivity index (χ1n) is 3.97. The number of likely N-dealkylation sites (N-methyl/N-ethyl adjacent to an activating group) is 1. The SMILES string of the molecule is CNC(CO)CSc1nnc(C)s1. The second-order valence-corrected chi connectivity index (χ2v) is 5.01. The van der Waals surface area contributed by atoms with Gasteiger partial charge in [-0.1, -0.05) is 23.1 Å². The number of aromatic nitrogens is 2. The Labute approximate surface area is 85.8 Å². The van der Waals surface area contributed by atoms with Crippen LogP contribution in [0.25, 0.3) is 0 Å². The van der Waals surface area contributed by atoms with Crippen LogP contribution >= 0.6 is 23.1 Å². The molecule has 0 aliphatic rings. The highest BCUT2D eigenvalue weighted by Gasteiger charge is 2.07. The van der Waals surface area contributed by atoms with Crippen LogP contribution in [0, 0.1) is 6.92 Å². The first-order chi connectivity index (χ1) is 6.26. The van der Waals surface area contributed by atoms with Gasteiger partial charge in [-0.3, -0.25) is 0 Å². The van der Waals surface area contributed by atoms with E-state index in [1.54, 1.807) is 23.1 Å². The molecule has 0 saturated heterocycles. The highest BCUT2D eigenvalue weighted by atomic mass is 32.2. The molecule has 1 unspecified atom stereocenters. The molecule has 0 aliphatic heterocycles. The van der Waals surface area contributed by atoms with Crippen molar-refractivity contribution in [1.82, 2.24) is 15.5 Å². The Kier molecular flexibility index (Phi) is 4.65. The van der Waals surface area contributed by atoms with Crippen molar-refractivity contribution < 1.29 is 5.11 Å². The van der Waals surface area contributed by atoms with Gasteiger partial charge in [-0.05, 0) is 14.0 Å². The fourth-order valence-corrected chi connectivity index (χ4v) is 2.67. The number of thioether (sulfide) groups is 1. The smallest absolute Gasteiger partial charge is 0.174 e. The molecule has 0 spiro atoms. The Morgan fingerprint density at radius 2 is 2.38 bits per heavy atom. The van der Waals surface area contributed by atoms with Crippen molar-refractivity contribution in [2.24, 2.45) is 0 Å². The van der Waals surface area contributed by atoms with Crippen LogP contribution in [0.5, 0.6) is 0 Å². The zero-order valence-electron chi connectivity index (χ0n) is 7.65. The number of aliphatic hydroxyl groups excluding tert-OH is 1. The van der Waals surface area contributed by atoms with E-state index in [-0.39, 0.29) is 12.6 Å². The summed E-state index contributed by atoms with van der Waals surface area (Å²) in [6.07, 6.45) is 0. The summed E-state index contributed by atoms with van der Waals surface area (Å²) >= 11 is 3.20. The van der Waals surface area contributed by atoms with E-state index in [9.17, 15) is 0 Å². The fraction of sp³-hybridized carbons (Fsp3) is 0.714. The second-order valence-electron chi connectivity index (χ2n) is 2.57. The number of hydrogen-bond acceptors (Lipinski definition) is 6. The van der Waals surface area contributed by atoms with Crippen LogP contribution in [-0.4, -0.2) is 40.8 Å². The molecule has 74 valence electrons. The standard InChI is InChI=1S/C7H13N3OS2/c1-5-9-10-7(13-5)12-4-6(3-11)8-2/h6,8,11H,3-4H2,1-2H3. The van der Waals surface area contributed by atoms with Gasteiger partial charge < -0.3 is 10.4 Å². The van der Waals surface area contributed by atoms with Crippen molar-refractivity contribution >= 4 is 23.1 Å². The predicted octanol–water partition coefficient (Wildman–Crippen LogP) is 0.519. The molecule has 1 atom stereocenters. The molecular formula is C7H13N3OS2. The largest absolute Gasteiger partial charge is 0.395 e.